The zero-order valence-electron chi connectivity index (χ0n) is 18.6. The third-order valence-corrected chi connectivity index (χ3v) is 5.69. The molecule has 2 heterocycles. The summed E-state index contributed by atoms with van der Waals surface area (Å²) in [6.07, 6.45) is 8.64. The molecule has 1 aromatic carbocycles. The summed E-state index contributed by atoms with van der Waals surface area (Å²) >= 11 is 0. The molecule has 1 aliphatic carbocycles. The van der Waals surface area contributed by atoms with Crippen LogP contribution in [0.2, 0.25) is 0 Å². The third kappa shape index (κ3) is 5.66. The number of rotatable bonds is 9. The van der Waals surface area contributed by atoms with E-state index in [-0.39, 0.29) is 6.03 Å². The quantitative estimate of drug-likeness (QED) is 0.433. The first-order chi connectivity index (χ1) is 15.7. The van der Waals surface area contributed by atoms with E-state index in [9.17, 15) is 4.79 Å². The Bertz CT molecular complexity index is 995. The van der Waals surface area contributed by atoms with Crippen LogP contribution in [0.1, 0.15) is 57.2 Å². The van der Waals surface area contributed by atoms with Crippen LogP contribution in [0.3, 0.4) is 0 Å². The summed E-state index contributed by atoms with van der Waals surface area (Å²) in [4.78, 5) is 16.9. The Hall–Kier alpha value is -3.35. The smallest absolute Gasteiger partial charge is 0.319 e. The lowest BCUT2D eigenvalue weighted by Crippen LogP contribution is -2.28. The summed E-state index contributed by atoms with van der Waals surface area (Å²) in [5.74, 6) is 0.809. The van der Waals surface area contributed by atoms with E-state index in [4.69, 9.17) is 9.84 Å². The van der Waals surface area contributed by atoms with Crippen molar-refractivity contribution in [3.63, 3.8) is 0 Å². The van der Waals surface area contributed by atoms with Gasteiger partial charge in [0.2, 0.25) is 0 Å². The molecule has 1 saturated carbocycles. The highest BCUT2D eigenvalue weighted by Gasteiger charge is 2.22. The van der Waals surface area contributed by atoms with Gasteiger partial charge in [-0.2, -0.15) is 5.10 Å². The summed E-state index contributed by atoms with van der Waals surface area (Å²) in [5.41, 5.74) is 3.46. The number of ether oxygens (including phenoxy) is 1. The molecular formula is C25H31N5O2. The number of hydrogen-bond acceptors (Lipinski definition) is 4. The van der Waals surface area contributed by atoms with Crippen molar-refractivity contribution in [2.45, 2.75) is 58.0 Å². The van der Waals surface area contributed by atoms with Crippen molar-refractivity contribution in [1.29, 1.82) is 0 Å². The van der Waals surface area contributed by atoms with E-state index in [0.29, 0.717) is 19.2 Å². The van der Waals surface area contributed by atoms with Crippen LogP contribution in [0.4, 0.5) is 10.5 Å². The fourth-order valence-electron chi connectivity index (χ4n) is 3.98. The number of unbranched alkanes of at least 4 members (excludes halogenated alkanes) is 1. The molecule has 2 N–H and O–H groups in total. The Morgan fingerprint density at radius 2 is 1.97 bits per heavy atom. The van der Waals surface area contributed by atoms with Crippen LogP contribution < -0.4 is 15.4 Å². The molecule has 168 valence electrons. The fourth-order valence-corrected chi connectivity index (χ4v) is 3.98. The number of carbonyl (C=O) groups excluding carboxylic acids is 1. The normalized spacial score (nSPS) is 13.8. The lowest BCUT2D eigenvalue weighted by Gasteiger charge is -2.13. The number of nitrogens with one attached hydrogen (secondary N) is 2. The minimum absolute atomic E-state index is 0.264. The Morgan fingerprint density at radius 1 is 1.16 bits per heavy atom. The van der Waals surface area contributed by atoms with Gasteiger partial charge >= 0.3 is 6.03 Å². The van der Waals surface area contributed by atoms with Crippen molar-refractivity contribution in [2.75, 3.05) is 11.9 Å². The molecular weight excluding hydrogens is 402 g/mol. The van der Waals surface area contributed by atoms with Crippen LogP contribution in [-0.4, -0.2) is 27.4 Å². The van der Waals surface area contributed by atoms with Crippen LogP contribution in [-0.2, 0) is 6.54 Å². The SMILES string of the molecule is CCCCOc1ccc(NC(=O)NCc2cc(-c3ccccn3)n(C3CCCC3)n2)cc1. The minimum atomic E-state index is -0.264. The monoisotopic (exact) mass is 433 g/mol. The Morgan fingerprint density at radius 3 is 2.69 bits per heavy atom. The fraction of sp³-hybridized carbons (Fsp3) is 0.400. The molecule has 7 heteroatoms. The van der Waals surface area contributed by atoms with Crippen molar-refractivity contribution >= 4 is 11.7 Å². The molecule has 0 radical (unpaired) electrons. The maximum absolute atomic E-state index is 12.4. The number of amides is 2. The summed E-state index contributed by atoms with van der Waals surface area (Å²) < 4.78 is 7.76. The summed E-state index contributed by atoms with van der Waals surface area (Å²) in [6.45, 7) is 3.19. The highest BCUT2D eigenvalue weighted by Crippen LogP contribution is 2.33. The Kier molecular flexibility index (Phi) is 7.38. The van der Waals surface area contributed by atoms with E-state index >= 15 is 0 Å². The van der Waals surface area contributed by atoms with Crippen LogP contribution >= 0.6 is 0 Å². The number of carbonyl (C=O) groups is 1. The average molecular weight is 434 g/mol. The number of urea groups is 1. The molecule has 4 rings (SSSR count). The molecule has 0 saturated heterocycles. The van der Waals surface area contributed by atoms with Gasteiger partial charge in [0.1, 0.15) is 5.75 Å². The van der Waals surface area contributed by atoms with Gasteiger partial charge in [-0.15, -0.1) is 0 Å². The molecule has 0 aliphatic heterocycles. The third-order valence-electron chi connectivity index (χ3n) is 5.69. The van der Waals surface area contributed by atoms with E-state index in [1.165, 1.54) is 12.8 Å². The van der Waals surface area contributed by atoms with Crippen LogP contribution in [0.5, 0.6) is 5.75 Å². The number of nitrogens with zero attached hydrogens (tertiary/aromatic N) is 3. The summed E-state index contributed by atoms with van der Waals surface area (Å²) in [6, 6.07) is 15.5. The zero-order valence-corrected chi connectivity index (χ0v) is 18.6. The highest BCUT2D eigenvalue weighted by molar-refractivity contribution is 5.89. The number of pyridine rings is 1. The second-order valence-electron chi connectivity index (χ2n) is 8.15. The average Bonchev–Trinajstić information content (AvgIpc) is 3.50. The molecule has 32 heavy (non-hydrogen) atoms. The van der Waals surface area contributed by atoms with Gasteiger partial charge < -0.3 is 15.4 Å². The number of anilines is 1. The minimum Gasteiger partial charge on any atom is -0.494 e. The van der Waals surface area contributed by atoms with Crippen LogP contribution in [0, 0.1) is 0 Å². The molecule has 0 spiro atoms. The van der Waals surface area contributed by atoms with Gasteiger partial charge in [-0.25, -0.2) is 4.79 Å². The molecule has 2 amide bonds. The first-order valence-corrected chi connectivity index (χ1v) is 11.5. The van der Waals surface area contributed by atoms with Crippen molar-refractivity contribution in [3.8, 4) is 17.1 Å². The number of benzene rings is 1. The lowest BCUT2D eigenvalue weighted by molar-refractivity contribution is 0.251. The molecule has 1 fully saturated rings. The zero-order chi connectivity index (χ0) is 22.2. The molecule has 0 unspecified atom stereocenters. The van der Waals surface area contributed by atoms with Gasteiger partial charge in [0, 0.05) is 11.9 Å². The Balaban J connectivity index is 1.36. The predicted octanol–water partition coefficient (Wildman–Crippen LogP) is 5.56. The summed E-state index contributed by atoms with van der Waals surface area (Å²) in [7, 11) is 0. The molecule has 0 atom stereocenters. The van der Waals surface area contributed by atoms with E-state index in [1.54, 1.807) is 6.20 Å². The maximum atomic E-state index is 12.4. The van der Waals surface area contributed by atoms with E-state index in [2.05, 4.69) is 27.2 Å². The summed E-state index contributed by atoms with van der Waals surface area (Å²) in [5, 5.41) is 10.6. The maximum Gasteiger partial charge on any atom is 0.319 e. The molecule has 3 aromatic rings. The Labute approximate surface area is 189 Å². The van der Waals surface area contributed by atoms with Gasteiger partial charge in [0.15, 0.2) is 0 Å². The van der Waals surface area contributed by atoms with Crippen molar-refractivity contribution < 1.29 is 9.53 Å². The standard InChI is InChI=1S/C25H31N5O2/c1-2-3-16-32-22-13-11-19(12-14-22)28-25(31)27-18-20-17-24(23-10-6-7-15-26-23)30(29-20)21-8-4-5-9-21/h6-7,10-15,17,21H,2-5,8-9,16,18H2,1H3,(H2,27,28,31). The van der Waals surface area contributed by atoms with Gasteiger partial charge in [0.05, 0.1) is 36.3 Å². The van der Waals surface area contributed by atoms with Crippen molar-refractivity contribution in [2.24, 2.45) is 0 Å². The first-order valence-electron chi connectivity index (χ1n) is 11.5. The van der Waals surface area contributed by atoms with E-state index in [0.717, 1.165) is 54.2 Å². The molecule has 2 aromatic heterocycles. The lowest BCUT2D eigenvalue weighted by atomic mass is 10.2. The topological polar surface area (TPSA) is 81.1 Å². The van der Waals surface area contributed by atoms with Gasteiger partial charge in [0.25, 0.3) is 0 Å². The molecule has 7 nitrogen and oxygen atoms in total. The van der Waals surface area contributed by atoms with Gasteiger partial charge in [-0.1, -0.05) is 32.3 Å². The number of aromatic nitrogens is 3. The first kappa shape index (κ1) is 21.9. The van der Waals surface area contributed by atoms with Gasteiger partial charge in [-0.3, -0.25) is 9.67 Å². The number of hydrogen-bond donors (Lipinski definition) is 2. The second-order valence-corrected chi connectivity index (χ2v) is 8.15. The predicted molar refractivity (Wildman–Crippen MR) is 126 cm³/mol. The van der Waals surface area contributed by atoms with E-state index < -0.39 is 0 Å². The highest BCUT2D eigenvalue weighted by atomic mass is 16.5. The van der Waals surface area contributed by atoms with Crippen molar-refractivity contribution in [1.82, 2.24) is 20.1 Å². The second kappa shape index (κ2) is 10.8. The largest absolute Gasteiger partial charge is 0.494 e. The van der Waals surface area contributed by atoms with Crippen LogP contribution in [0.15, 0.2) is 54.7 Å². The molecule has 0 bridgehead atoms. The molecule has 1 aliphatic rings. The van der Waals surface area contributed by atoms with Crippen LogP contribution in [0.25, 0.3) is 11.4 Å². The van der Waals surface area contributed by atoms with Gasteiger partial charge in [-0.05, 0) is 61.7 Å². The van der Waals surface area contributed by atoms with E-state index in [1.807, 2.05) is 48.5 Å². The van der Waals surface area contributed by atoms with Crippen molar-refractivity contribution in [3.05, 3.63) is 60.4 Å².